The Bertz CT molecular complexity index is 975. The fourth-order valence-corrected chi connectivity index (χ4v) is 4.26. The molecule has 0 aliphatic heterocycles. The second kappa shape index (κ2) is 8.78. The highest BCUT2D eigenvalue weighted by molar-refractivity contribution is 7.92. The summed E-state index contributed by atoms with van der Waals surface area (Å²) >= 11 is 11.9. The predicted octanol–water partition coefficient (Wildman–Crippen LogP) is 4.83. The number of rotatable bonds is 7. The summed E-state index contributed by atoms with van der Waals surface area (Å²) in [5.74, 6) is -0.206. The van der Waals surface area contributed by atoms with E-state index in [1.54, 1.807) is 23.1 Å². The summed E-state index contributed by atoms with van der Waals surface area (Å²) < 4.78 is 27.7. The van der Waals surface area contributed by atoms with Gasteiger partial charge in [0.15, 0.2) is 0 Å². The number of benzene rings is 2. The molecule has 2 rings (SSSR count). The van der Waals surface area contributed by atoms with Crippen molar-refractivity contribution < 1.29 is 13.2 Å². The van der Waals surface area contributed by atoms with Crippen LogP contribution in [0.15, 0.2) is 59.5 Å². The smallest absolute Gasteiger partial charge is 0.263 e. The first-order valence-corrected chi connectivity index (χ1v) is 10.4. The molecule has 27 heavy (non-hydrogen) atoms. The molecule has 0 bridgehead atoms. The van der Waals surface area contributed by atoms with Gasteiger partial charge in [-0.2, -0.15) is 0 Å². The maximum atomic E-state index is 12.7. The lowest BCUT2D eigenvalue weighted by molar-refractivity contribution is 0.0778. The highest BCUT2D eigenvalue weighted by atomic mass is 35.5. The molecule has 2 aromatic carbocycles. The van der Waals surface area contributed by atoms with Crippen LogP contribution in [0, 0.1) is 0 Å². The van der Waals surface area contributed by atoms with E-state index in [-0.39, 0.29) is 26.5 Å². The van der Waals surface area contributed by atoms with Gasteiger partial charge in [-0.3, -0.25) is 9.52 Å². The predicted molar refractivity (Wildman–Crippen MR) is 110 cm³/mol. The first kappa shape index (κ1) is 21.3. The van der Waals surface area contributed by atoms with E-state index >= 15 is 0 Å². The minimum atomic E-state index is -3.96. The molecule has 0 unspecified atom stereocenters. The van der Waals surface area contributed by atoms with Crippen molar-refractivity contribution >= 4 is 44.8 Å². The SMILES string of the molecule is C=C(C)CN(CC)C(=O)c1cccc(NS(=O)(=O)c2cc(Cl)ccc2Cl)c1. The number of anilines is 1. The standard InChI is InChI=1S/C19H20Cl2N2O3S/c1-4-23(12-13(2)3)19(24)14-6-5-7-16(10-14)22-27(25,26)18-11-15(20)8-9-17(18)21/h5-11,22H,2,4,12H2,1,3H3. The van der Waals surface area contributed by atoms with Crippen LogP contribution in [-0.4, -0.2) is 32.3 Å². The van der Waals surface area contributed by atoms with Crippen LogP contribution < -0.4 is 4.72 Å². The van der Waals surface area contributed by atoms with E-state index in [1.807, 2.05) is 13.8 Å². The fraction of sp³-hybridized carbons (Fsp3) is 0.211. The van der Waals surface area contributed by atoms with Crippen molar-refractivity contribution in [2.45, 2.75) is 18.7 Å². The van der Waals surface area contributed by atoms with Crippen LogP contribution in [0.5, 0.6) is 0 Å². The van der Waals surface area contributed by atoms with Crippen molar-refractivity contribution in [2.24, 2.45) is 0 Å². The van der Waals surface area contributed by atoms with Crippen molar-refractivity contribution in [3.05, 3.63) is 70.2 Å². The Morgan fingerprint density at radius 3 is 2.52 bits per heavy atom. The average Bonchev–Trinajstić information content (AvgIpc) is 2.60. The van der Waals surface area contributed by atoms with Crippen molar-refractivity contribution in [3.63, 3.8) is 0 Å². The summed E-state index contributed by atoms with van der Waals surface area (Å²) in [4.78, 5) is 14.2. The zero-order chi connectivity index (χ0) is 20.2. The van der Waals surface area contributed by atoms with E-state index in [0.29, 0.717) is 18.7 Å². The average molecular weight is 427 g/mol. The highest BCUT2D eigenvalue weighted by Crippen LogP contribution is 2.27. The number of carbonyl (C=O) groups excluding carboxylic acids is 1. The molecule has 0 spiro atoms. The van der Waals surface area contributed by atoms with Gasteiger partial charge in [0.1, 0.15) is 4.90 Å². The Hall–Kier alpha value is -2.02. The molecular weight excluding hydrogens is 407 g/mol. The van der Waals surface area contributed by atoms with E-state index in [2.05, 4.69) is 11.3 Å². The minimum absolute atomic E-state index is 0.0535. The Kier molecular flexibility index (Phi) is 6.92. The topological polar surface area (TPSA) is 66.5 Å². The van der Waals surface area contributed by atoms with Crippen LogP contribution in [0.25, 0.3) is 0 Å². The third kappa shape index (κ3) is 5.48. The van der Waals surface area contributed by atoms with Gasteiger partial charge >= 0.3 is 0 Å². The minimum Gasteiger partial charge on any atom is -0.335 e. The molecule has 0 aliphatic rings. The third-order valence-corrected chi connectivity index (χ3v) is 5.77. The van der Waals surface area contributed by atoms with Gasteiger partial charge in [-0.05, 0) is 50.2 Å². The number of sulfonamides is 1. The van der Waals surface area contributed by atoms with Gasteiger partial charge in [-0.15, -0.1) is 0 Å². The Morgan fingerprint density at radius 2 is 1.89 bits per heavy atom. The number of likely N-dealkylation sites (N-methyl/N-ethyl adjacent to an activating group) is 1. The van der Waals surface area contributed by atoms with Crippen molar-refractivity contribution in [1.29, 1.82) is 0 Å². The number of halogens is 2. The number of nitrogens with one attached hydrogen (secondary N) is 1. The molecule has 1 amide bonds. The summed E-state index contributed by atoms with van der Waals surface area (Å²) in [7, 11) is -3.96. The number of amides is 1. The van der Waals surface area contributed by atoms with Crippen LogP contribution in [0.4, 0.5) is 5.69 Å². The van der Waals surface area contributed by atoms with E-state index in [4.69, 9.17) is 23.2 Å². The quantitative estimate of drug-likeness (QED) is 0.644. The number of hydrogen-bond donors (Lipinski definition) is 1. The molecule has 0 saturated carbocycles. The first-order valence-electron chi connectivity index (χ1n) is 8.15. The second-order valence-corrected chi connectivity index (χ2v) is 8.53. The van der Waals surface area contributed by atoms with E-state index in [0.717, 1.165) is 5.57 Å². The number of nitrogens with zero attached hydrogens (tertiary/aromatic N) is 1. The highest BCUT2D eigenvalue weighted by Gasteiger charge is 2.20. The molecule has 2 aromatic rings. The molecule has 0 aliphatic carbocycles. The molecular formula is C19H20Cl2N2O3S. The molecule has 0 radical (unpaired) electrons. The maximum absolute atomic E-state index is 12.7. The third-order valence-electron chi connectivity index (χ3n) is 3.67. The lowest BCUT2D eigenvalue weighted by atomic mass is 10.1. The lowest BCUT2D eigenvalue weighted by Crippen LogP contribution is -2.32. The molecule has 0 aromatic heterocycles. The molecule has 8 heteroatoms. The number of hydrogen-bond acceptors (Lipinski definition) is 3. The molecule has 0 saturated heterocycles. The summed E-state index contributed by atoms with van der Waals surface area (Å²) in [6.07, 6.45) is 0. The van der Waals surface area contributed by atoms with Crippen LogP contribution in [0.2, 0.25) is 10.0 Å². The first-order chi connectivity index (χ1) is 12.6. The number of carbonyl (C=O) groups is 1. The Balaban J connectivity index is 2.31. The zero-order valence-corrected chi connectivity index (χ0v) is 17.3. The van der Waals surface area contributed by atoms with Gasteiger partial charge in [0.2, 0.25) is 0 Å². The van der Waals surface area contributed by atoms with Crippen LogP contribution in [-0.2, 0) is 10.0 Å². The monoisotopic (exact) mass is 426 g/mol. The van der Waals surface area contributed by atoms with E-state index in [1.165, 1.54) is 24.3 Å². The van der Waals surface area contributed by atoms with Crippen LogP contribution in [0.3, 0.4) is 0 Å². The van der Waals surface area contributed by atoms with Gasteiger partial charge < -0.3 is 4.90 Å². The molecule has 5 nitrogen and oxygen atoms in total. The molecule has 0 heterocycles. The van der Waals surface area contributed by atoms with Gasteiger partial charge in [0.25, 0.3) is 15.9 Å². The summed E-state index contributed by atoms with van der Waals surface area (Å²) in [6.45, 7) is 8.48. The largest absolute Gasteiger partial charge is 0.335 e. The van der Waals surface area contributed by atoms with Crippen LogP contribution in [0.1, 0.15) is 24.2 Å². The molecule has 144 valence electrons. The van der Waals surface area contributed by atoms with Crippen molar-refractivity contribution in [1.82, 2.24) is 4.90 Å². The second-order valence-electron chi connectivity index (χ2n) is 6.04. The van der Waals surface area contributed by atoms with Gasteiger partial charge in [0, 0.05) is 29.4 Å². The Morgan fingerprint density at radius 1 is 1.19 bits per heavy atom. The fourth-order valence-electron chi connectivity index (χ4n) is 2.44. The van der Waals surface area contributed by atoms with E-state index < -0.39 is 10.0 Å². The summed E-state index contributed by atoms with van der Waals surface area (Å²) in [6, 6.07) is 10.5. The Labute approximate surface area is 169 Å². The lowest BCUT2D eigenvalue weighted by Gasteiger charge is -2.21. The summed E-state index contributed by atoms with van der Waals surface area (Å²) in [5.41, 5.74) is 1.48. The molecule has 0 fully saturated rings. The van der Waals surface area contributed by atoms with Gasteiger partial charge in [-0.25, -0.2) is 8.42 Å². The van der Waals surface area contributed by atoms with E-state index in [9.17, 15) is 13.2 Å². The maximum Gasteiger partial charge on any atom is 0.263 e. The van der Waals surface area contributed by atoms with Gasteiger partial charge in [0.05, 0.1) is 5.02 Å². The van der Waals surface area contributed by atoms with Gasteiger partial charge in [-0.1, -0.05) is 41.4 Å². The molecule has 1 N–H and O–H groups in total. The van der Waals surface area contributed by atoms with Crippen molar-refractivity contribution in [3.8, 4) is 0 Å². The normalized spacial score (nSPS) is 11.1. The van der Waals surface area contributed by atoms with Crippen LogP contribution >= 0.6 is 23.2 Å². The summed E-state index contributed by atoms with van der Waals surface area (Å²) in [5, 5.41) is 0.305. The molecule has 0 atom stereocenters. The van der Waals surface area contributed by atoms with Crippen molar-refractivity contribution in [2.75, 3.05) is 17.8 Å². The zero-order valence-electron chi connectivity index (χ0n) is 15.0.